The lowest BCUT2D eigenvalue weighted by Gasteiger charge is -2.20. The van der Waals surface area contributed by atoms with E-state index in [-0.39, 0.29) is 24.4 Å². The van der Waals surface area contributed by atoms with Crippen LogP contribution >= 0.6 is 15.9 Å². The summed E-state index contributed by atoms with van der Waals surface area (Å²) in [4.78, 5) is 26.0. The fraction of sp³-hybridized carbons (Fsp3) is 0.467. The summed E-state index contributed by atoms with van der Waals surface area (Å²) in [6, 6.07) is 7.42. The highest BCUT2D eigenvalue weighted by atomic mass is 79.9. The summed E-state index contributed by atoms with van der Waals surface area (Å²) in [5.41, 5.74) is 0.559. The Labute approximate surface area is 126 Å². The first-order valence-corrected chi connectivity index (χ1v) is 7.53. The second-order valence-corrected chi connectivity index (χ2v) is 6.43. The molecule has 3 atom stereocenters. The van der Waals surface area contributed by atoms with Gasteiger partial charge in [-0.3, -0.25) is 14.5 Å². The summed E-state index contributed by atoms with van der Waals surface area (Å²) >= 11 is 3.32. The van der Waals surface area contributed by atoms with Crippen LogP contribution in [0.5, 0.6) is 0 Å². The molecular weight excluding hydrogens is 322 g/mol. The second kappa shape index (κ2) is 5.30. The number of likely N-dealkylation sites (N-methyl/N-ethyl adjacent to an activating group) is 1. The molecule has 2 aliphatic rings. The van der Waals surface area contributed by atoms with E-state index in [9.17, 15) is 9.59 Å². The molecular formula is C15H16BrNO3. The monoisotopic (exact) mass is 337 g/mol. The molecule has 0 spiro atoms. The number of carbonyl (C=O) groups excluding carboxylic acids is 2. The zero-order valence-corrected chi connectivity index (χ0v) is 12.8. The first-order valence-electron chi connectivity index (χ1n) is 6.73. The number of halogens is 1. The number of benzene rings is 1. The van der Waals surface area contributed by atoms with Gasteiger partial charge in [0.2, 0.25) is 0 Å². The lowest BCUT2D eigenvalue weighted by Crippen LogP contribution is -2.37. The Morgan fingerprint density at radius 3 is 2.60 bits per heavy atom. The van der Waals surface area contributed by atoms with Crippen LogP contribution in [0.1, 0.15) is 23.2 Å². The van der Waals surface area contributed by atoms with E-state index in [2.05, 4.69) is 20.8 Å². The number of rotatable bonds is 4. The van der Waals surface area contributed by atoms with Gasteiger partial charge in [-0.1, -0.05) is 28.1 Å². The van der Waals surface area contributed by atoms with Crippen LogP contribution in [-0.4, -0.2) is 42.4 Å². The standard InChI is InChI=1S/C15H16BrNO3/c1-17-12-6-10(12)7-13(17)15(19)20-8-14(18)9-2-4-11(16)5-3-9/h2-5,10,12-13H,6-8H2,1H3/t10-,12-,13+/m1/s1. The average Bonchev–Trinajstić information content (AvgIpc) is 3.15. The minimum absolute atomic E-state index is 0.170. The fourth-order valence-corrected chi connectivity index (χ4v) is 3.15. The van der Waals surface area contributed by atoms with Crippen molar-refractivity contribution in [3.8, 4) is 0 Å². The molecule has 1 heterocycles. The predicted molar refractivity (Wildman–Crippen MR) is 77.5 cm³/mol. The third kappa shape index (κ3) is 2.65. The van der Waals surface area contributed by atoms with Gasteiger partial charge in [-0.05, 0) is 37.9 Å². The van der Waals surface area contributed by atoms with Crippen molar-refractivity contribution in [2.75, 3.05) is 13.7 Å². The molecule has 1 saturated carbocycles. The summed E-state index contributed by atoms with van der Waals surface area (Å²) in [5.74, 6) is 0.210. The first-order chi connectivity index (χ1) is 9.56. The highest BCUT2D eigenvalue weighted by molar-refractivity contribution is 9.10. The van der Waals surface area contributed by atoms with Crippen LogP contribution in [0.4, 0.5) is 0 Å². The van der Waals surface area contributed by atoms with E-state index >= 15 is 0 Å². The molecule has 0 bridgehead atoms. The molecule has 5 heteroatoms. The third-order valence-electron chi connectivity index (χ3n) is 4.21. The van der Waals surface area contributed by atoms with Gasteiger partial charge in [0.25, 0.3) is 0 Å². The zero-order valence-electron chi connectivity index (χ0n) is 11.2. The Kier molecular flexibility index (Phi) is 3.65. The van der Waals surface area contributed by atoms with Crippen LogP contribution in [-0.2, 0) is 9.53 Å². The summed E-state index contributed by atoms with van der Waals surface area (Å²) in [7, 11) is 1.96. The summed E-state index contributed by atoms with van der Waals surface area (Å²) < 4.78 is 6.08. The molecule has 1 aromatic rings. The quantitative estimate of drug-likeness (QED) is 0.624. The number of fused-ring (bicyclic) bond motifs is 1. The Balaban J connectivity index is 1.53. The molecule has 3 rings (SSSR count). The maximum atomic E-state index is 12.0. The Hall–Kier alpha value is -1.20. The van der Waals surface area contributed by atoms with E-state index in [1.54, 1.807) is 24.3 Å². The minimum Gasteiger partial charge on any atom is -0.456 e. The highest BCUT2D eigenvalue weighted by Gasteiger charge is 2.52. The number of ether oxygens (including phenoxy) is 1. The summed E-state index contributed by atoms with van der Waals surface area (Å²) in [6.07, 6.45) is 2.06. The van der Waals surface area contributed by atoms with E-state index in [1.807, 2.05) is 7.05 Å². The lowest BCUT2D eigenvalue weighted by molar-refractivity contribution is -0.147. The second-order valence-electron chi connectivity index (χ2n) is 5.52. The lowest BCUT2D eigenvalue weighted by atomic mass is 10.1. The molecule has 1 aliphatic carbocycles. The van der Waals surface area contributed by atoms with Gasteiger partial charge in [0.05, 0.1) is 0 Å². The molecule has 4 nitrogen and oxygen atoms in total. The van der Waals surface area contributed by atoms with Crippen molar-refractivity contribution in [3.05, 3.63) is 34.3 Å². The smallest absolute Gasteiger partial charge is 0.323 e. The molecule has 0 N–H and O–H groups in total. The highest BCUT2D eigenvalue weighted by Crippen LogP contribution is 2.46. The molecule has 20 heavy (non-hydrogen) atoms. The van der Waals surface area contributed by atoms with Gasteiger partial charge in [-0.2, -0.15) is 0 Å². The Morgan fingerprint density at radius 2 is 2.00 bits per heavy atom. The van der Waals surface area contributed by atoms with E-state index in [0.29, 0.717) is 17.5 Å². The molecule has 1 saturated heterocycles. The molecule has 2 fully saturated rings. The molecule has 106 valence electrons. The third-order valence-corrected chi connectivity index (χ3v) is 4.74. The summed E-state index contributed by atoms with van der Waals surface area (Å²) in [6.45, 7) is -0.180. The molecule has 0 unspecified atom stereocenters. The molecule has 0 aromatic heterocycles. The Bertz CT molecular complexity index is 543. The van der Waals surface area contributed by atoms with Crippen molar-refractivity contribution in [2.24, 2.45) is 5.92 Å². The number of piperidine rings is 1. The molecule has 0 radical (unpaired) electrons. The number of hydrogen-bond donors (Lipinski definition) is 0. The van der Waals surface area contributed by atoms with E-state index in [1.165, 1.54) is 6.42 Å². The van der Waals surface area contributed by atoms with Crippen molar-refractivity contribution in [1.29, 1.82) is 0 Å². The zero-order chi connectivity index (χ0) is 14.3. The number of likely N-dealkylation sites (tertiary alicyclic amines) is 1. The van der Waals surface area contributed by atoms with Crippen LogP contribution in [0.25, 0.3) is 0 Å². The van der Waals surface area contributed by atoms with Crippen LogP contribution in [0, 0.1) is 5.92 Å². The van der Waals surface area contributed by atoms with Crippen LogP contribution in [0.2, 0.25) is 0 Å². The number of nitrogens with zero attached hydrogens (tertiary/aromatic N) is 1. The van der Waals surface area contributed by atoms with Crippen molar-refractivity contribution >= 4 is 27.7 Å². The SMILES string of the molecule is CN1[C@@H]2C[C@@H]2C[C@H]1C(=O)OCC(=O)c1ccc(Br)cc1. The van der Waals surface area contributed by atoms with Crippen LogP contribution < -0.4 is 0 Å². The van der Waals surface area contributed by atoms with Gasteiger partial charge in [0.15, 0.2) is 12.4 Å². The van der Waals surface area contributed by atoms with E-state index < -0.39 is 0 Å². The predicted octanol–water partition coefficient (Wildman–Crippen LogP) is 2.27. The largest absolute Gasteiger partial charge is 0.456 e. The van der Waals surface area contributed by atoms with Gasteiger partial charge in [-0.15, -0.1) is 0 Å². The fourth-order valence-electron chi connectivity index (χ4n) is 2.88. The maximum absolute atomic E-state index is 12.0. The van der Waals surface area contributed by atoms with Crippen LogP contribution in [0.15, 0.2) is 28.7 Å². The summed E-state index contributed by atoms with van der Waals surface area (Å²) in [5, 5.41) is 0. The van der Waals surface area contributed by atoms with Gasteiger partial charge in [0, 0.05) is 16.1 Å². The topological polar surface area (TPSA) is 46.6 Å². The number of esters is 1. The first kappa shape index (κ1) is 13.8. The van der Waals surface area contributed by atoms with Gasteiger partial charge < -0.3 is 4.74 Å². The van der Waals surface area contributed by atoms with Crippen molar-refractivity contribution < 1.29 is 14.3 Å². The normalized spacial score (nSPS) is 28.0. The number of Topliss-reactive ketones (excluding diaryl/α,β-unsaturated/α-hetero) is 1. The van der Waals surface area contributed by atoms with Gasteiger partial charge in [-0.25, -0.2) is 0 Å². The van der Waals surface area contributed by atoms with Crippen molar-refractivity contribution in [1.82, 2.24) is 4.90 Å². The van der Waals surface area contributed by atoms with Gasteiger partial charge >= 0.3 is 5.97 Å². The maximum Gasteiger partial charge on any atom is 0.323 e. The van der Waals surface area contributed by atoms with Crippen molar-refractivity contribution in [3.63, 3.8) is 0 Å². The molecule has 0 amide bonds. The number of hydrogen-bond acceptors (Lipinski definition) is 4. The van der Waals surface area contributed by atoms with E-state index in [0.717, 1.165) is 10.9 Å². The molecule has 1 aliphatic heterocycles. The van der Waals surface area contributed by atoms with Crippen LogP contribution in [0.3, 0.4) is 0 Å². The van der Waals surface area contributed by atoms with Crippen molar-refractivity contribution in [2.45, 2.75) is 24.9 Å². The minimum atomic E-state index is -0.273. The number of ketones is 1. The van der Waals surface area contributed by atoms with E-state index in [4.69, 9.17) is 4.74 Å². The Morgan fingerprint density at radius 1 is 1.30 bits per heavy atom. The average molecular weight is 338 g/mol. The molecule has 1 aromatic carbocycles. The number of carbonyl (C=O) groups is 2. The van der Waals surface area contributed by atoms with Gasteiger partial charge in [0.1, 0.15) is 6.04 Å².